The number of allylic oxidation sites excluding steroid dienone is 1. The number of fused-ring (bicyclic) bond motifs is 3. The molecule has 0 spiro atoms. The van der Waals surface area contributed by atoms with Gasteiger partial charge in [0, 0.05) is 5.56 Å². The Morgan fingerprint density at radius 2 is 1.89 bits per heavy atom. The lowest BCUT2D eigenvalue weighted by atomic mass is 9.81. The van der Waals surface area contributed by atoms with E-state index in [4.69, 9.17) is 9.47 Å². The summed E-state index contributed by atoms with van der Waals surface area (Å²) in [6.07, 6.45) is 1.34. The summed E-state index contributed by atoms with van der Waals surface area (Å²) in [4.78, 5) is 4.29. The number of ether oxygens (including phenoxy) is 2. The molecule has 3 aromatic rings. The number of aryl methyl sites for hydroxylation is 1. The third-order valence-corrected chi connectivity index (χ3v) is 4.89. The average molecular weight is 368 g/mol. The van der Waals surface area contributed by atoms with Crippen LogP contribution in [0.1, 0.15) is 29.5 Å². The summed E-state index contributed by atoms with van der Waals surface area (Å²) in [5.41, 5.74) is 3.68. The number of hydrogen-bond acceptors (Lipinski definition) is 4. The first-order valence-corrected chi connectivity index (χ1v) is 9.27. The largest absolute Gasteiger partial charge is 0.483 e. The molecule has 0 bridgehead atoms. The molecular formula is C24H20N2O2. The van der Waals surface area contributed by atoms with Gasteiger partial charge in [0.2, 0.25) is 5.88 Å². The van der Waals surface area contributed by atoms with Crippen LogP contribution in [0.3, 0.4) is 0 Å². The quantitative estimate of drug-likeness (QED) is 0.453. The number of nitriles is 1. The molecule has 0 fully saturated rings. The first-order valence-electron chi connectivity index (χ1n) is 9.27. The van der Waals surface area contributed by atoms with Crippen molar-refractivity contribution in [3.8, 4) is 11.8 Å². The van der Waals surface area contributed by atoms with Crippen LogP contribution in [-0.4, -0.2) is 13.0 Å². The normalized spacial score (nSPS) is 16.0. The lowest BCUT2D eigenvalue weighted by Gasteiger charge is -2.27. The highest BCUT2D eigenvalue weighted by Gasteiger charge is 2.33. The van der Waals surface area contributed by atoms with Crippen molar-refractivity contribution in [3.05, 3.63) is 88.8 Å². The summed E-state index contributed by atoms with van der Waals surface area (Å²) in [5, 5.41) is 12.2. The molecule has 0 saturated carbocycles. The molecule has 0 unspecified atom stereocenters. The van der Waals surface area contributed by atoms with E-state index in [1.165, 1.54) is 12.0 Å². The van der Waals surface area contributed by atoms with Gasteiger partial charge in [0.25, 0.3) is 0 Å². The topological polar surface area (TPSA) is 54.6 Å². The van der Waals surface area contributed by atoms with Crippen LogP contribution in [0, 0.1) is 18.3 Å². The van der Waals surface area contributed by atoms with Crippen LogP contribution < -0.4 is 4.74 Å². The molecular weight excluding hydrogens is 348 g/mol. The fourth-order valence-electron chi connectivity index (χ4n) is 3.55. The van der Waals surface area contributed by atoms with Crippen molar-refractivity contribution in [2.75, 3.05) is 6.61 Å². The summed E-state index contributed by atoms with van der Waals surface area (Å²) in [6, 6.07) is 22.7. The third-order valence-electron chi connectivity index (χ3n) is 4.89. The summed E-state index contributed by atoms with van der Waals surface area (Å²) >= 11 is 0. The molecule has 1 atom stereocenters. The van der Waals surface area contributed by atoms with Crippen molar-refractivity contribution in [1.82, 2.24) is 0 Å². The van der Waals surface area contributed by atoms with E-state index in [-0.39, 0.29) is 11.8 Å². The Morgan fingerprint density at radius 1 is 1.11 bits per heavy atom. The van der Waals surface area contributed by atoms with E-state index in [9.17, 15) is 5.26 Å². The Hall–Kier alpha value is -3.58. The van der Waals surface area contributed by atoms with Gasteiger partial charge in [-0.3, -0.25) is 0 Å². The Labute approximate surface area is 164 Å². The van der Waals surface area contributed by atoms with Gasteiger partial charge in [-0.05, 0) is 36.2 Å². The predicted octanol–water partition coefficient (Wildman–Crippen LogP) is 5.47. The van der Waals surface area contributed by atoms with Crippen molar-refractivity contribution >= 4 is 17.2 Å². The lowest BCUT2D eigenvalue weighted by molar-refractivity contribution is 0.336. The van der Waals surface area contributed by atoms with Crippen LogP contribution in [0.4, 0.5) is 0 Å². The summed E-state index contributed by atoms with van der Waals surface area (Å²) < 4.78 is 11.3. The van der Waals surface area contributed by atoms with Crippen molar-refractivity contribution in [2.45, 2.75) is 19.8 Å². The Balaban J connectivity index is 1.98. The first-order chi connectivity index (χ1) is 13.7. The first kappa shape index (κ1) is 17.8. The average Bonchev–Trinajstić information content (AvgIpc) is 2.73. The molecule has 1 aliphatic heterocycles. The number of nitrogens with zero attached hydrogens (tertiary/aromatic N) is 2. The van der Waals surface area contributed by atoms with E-state index in [0.29, 0.717) is 17.9 Å². The minimum Gasteiger partial charge on any atom is -0.483 e. The maximum Gasteiger partial charge on any atom is 0.236 e. The van der Waals surface area contributed by atoms with Crippen molar-refractivity contribution in [2.24, 2.45) is 4.99 Å². The van der Waals surface area contributed by atoms with Crippen LogP contribution >= 0.6 is 0 Å². The minimum atomic E-state index is -0.255. The molecule has 4 nitrogen and oxygen atoms in total. The van der Waals surface area contributed by atoms with Gasteiger partial charge in [-0.2, -0.15) is 10.3 Å². The Kier molecular flexibility index (Phi) is 4.82. The molecule has 0 radical (unpaired) electrons. The van der Waals surface area contributed by atoms with Crippen molar-refractivity contribution in [3.63, 3.8) is 0 Å². The zero-order valence-corrected chi connectivity index (χ0v) is 15.8. The molecule has 1 heterocycles. The summed E-state index contributed by atoms with van der Waals surface area (Å²) in [6.45, 7) is 4.43. The molecule has 0 saturated heterocycles. The highest BCUT2D eigenvalue weighted by Crippen LogP contribution is 2.46. The van der Waals surface area contributed by atoms with Gasteiger partial charge in [-0.25, -0.2) is 0 Å². The number of hydrogen-bond donors (Lipinski definition) is 0. The summed E-state index contributed by atoms with van der Waals surface area (Å²) in [7, 11) is 0. The standard InChI is InChI=1S/C24H20N2O2/c1-3-27-15-26-24-20(14-25)22(18-10-8-16(2)9-11-18)23-19-7-5-4-6-17(19)12-13-21(23)28-24/h4-13,15,22H,3H2,1-2H3/t22-/m0/s1. The predicted molar refractivity (Wildman–Crippen MR) is 110 cm³/mol. The van der Waals surface area contributed by atoms with Crippen LogP contribution in [0.2, 0.25) is 0 Å². The van der Waals surface area contributed by atoms with E-state index < -0.39 is 0 Å². The van der Waals surface area contributed by atoms with E-state index in [1.54, 1.807) is 0 Å². The fourth-order valence-corrected chi connectivity index (χ4v) is 3.55. The highest BCUT2D eigenvalue weighted by molar-refractivity contribution is 5.90. The monoisotopic (exact) mass is 368 g/mol. The molecule has 0 N–H and O–H groups in total. The van der Waals surface area contributed by atoms with Crippen LogP contribution in [-0.2, 0) is 4.74 Å². The summed E-state index contributed by atoms with van der Waals surface area (Å²) in [5.74, 6) is 0.741. The second-order valence-corrected chi connectivity index (χ2v) is 6.66. The molecule has 0 aromatic heterocycles. The third kappa shape index (κ3) is 3.12. The van der Waals surface area contributed by atoms with Gasteiger partial charge in [0.1, 0.15) is 17.4 Å². The maximum absolute atomic E-state index is 10.00. The molecule has 0 amide bonds. The van der Waals surface area contributed by atoms with Crippen molar-refractivity contribution in [1.29, 1.82) is 5.26 Å². The lowest BCUT2D eigenvalue weighted by Crippen LogP contribution is -2.16. The van der Waals surface area contributed by atoms with E-state index >= 15 is 0 Å². The van der Waals surface area contributed by atoms with Gasteiger partial charge in [0.15, 0.2) is 6.40 Å². The van der Waals surface area contributed by atoms with Gasteiger partial charge in [-0.1, -0.05) is 60.2 Å². The highest BCUT2D eigenvalue weighted by atomic mass is 16.5. The van der Waals surface area contributed by atoms with E-state index in [0.717, 1.165) is 21.9 Å². The molecule has 0 aliphatic carbocycles. The smallest absolute Gasteiger partial charge is 0.236 e. The van der Waals surface area contributed by atoms with Gasteiger partial charge >= 0.3 is 0 Å². The molecule has 28 heavy (non-hydrogen) atoms. The van der Waals surface area contributed by atoms with Gasteiger partial charge in [-0.15, -0.1) is 0 Å². The fraction of sp³-hybridized carbons (Fsp3) is 0.167. The van der Waals surface area contributed by atoms with Crippen LogP contribution in [0.25, 0.3) is 10.8 Å². The second kappa shape index (κ2) is 7.58. The van der Waals surface area contributed by atoms with Crippen LogP contribution in [0.15, 0.2) is 77.1 Å². The molecule has 4 heteroatoms. The molecule has 1 aliphatic rings. The Bertz CT molecular complexity index is 1120. The van der Waals surface area contributed by atoms with Gasteiger partial charge in [0.05, 0.1) is 12.5 Å². The minimum absolute atomic E-state index is 0.255. The molecule has 3 aromatic carbocycles. The van der Waals surface area contributed by atoms with Crippen LogP contribution in [0.5, 0.6) is 5.75 Å². The van der Waals surface area contributed by atoms with Crippen molar-refractivity contribution < 1.29 is 9.47 Å². The molecule has 4 rings (SSSR count). The van der Waals surface area contributed by atoms with E-state index in [2.05, 4.69) is 54.4 Å². The Morgan fingerprint density at radius 3 is 2.64 bits per heavy atom. The molecule has 138 valence electrons. The van der Waals surface area contributed by atoms with Gasteiger partial charge < -0.3 is 9.47 Å². The zero-order valence-electron chi connectivity index (χ0n) is 15.8. The maximum atomic E-state index is 10.00. The number of aliphatic imine (C=N–C) groups is 1. The number of benzene rings is 3. The zero-order chi connectivity index (χ0) is 19.5. The number of rotatable bonds is 4. The SMILES string of the molecule is CCOC=NC1=C(C#N)[C@H](c2ccc(C)cc2)c2c(ccc3ccccc23)O1. The second-order valence-electron chi connectivity index (χ2n) is 6.66. The van der Waals surface area contributed by atoms with E-state index in [1.807, 2.05) is 31.2 Å².